The van der Waals surface area contributed by atoms with Gasteiger partial charge in [0.2, 0.25) is 0 Å². The zero-order valence-electron chi connectivity index (χ0n) is 7.83. The third-order valence-electron chi connectivity index (χ3n) is 1.53. The Labute approximate surface area is 88.1 Å². The molecule has 0 aliphatic rings. The van der Waals surface area contributed by atoms with Crippen molar-refractivity contribution in [1.29, 1.82) is 0 Å². The lowest BCUT2D eigenvalue weighted by atomic mass is 10.3. The van der Waals surface area contributed by atoms with Crippen molar-refractivity contribution in [2.45, 2.75) is 19.0 Å². The van der Waals surface area contributed by atoms with Gasteiger partial charge in [-0.3, -0.25) is 0 Å². The van der Waals surface area contributed by atoms with Gasteiger partial charge >= 0.3 is 0 Å². The van der Waals surface area contributed by atoms with Gasteiger partial charge in [-0.25, -0.2) is 9.97 Å². The molecule has 0 N–H and O–H groups in total. The lowest BCUT2D eigenvalue weighted by Crippen LogP contribution is -2.00. The van der Waals surface area contributed by atoms with Gasteiger partial charge in [0.1, 0.15) is 0 Å². The molecular formula is C9H13ClN2S. The monoisotopic (exact) mass is 216 g/mol. The molecule has 0 amide bonds. The lowest BCUT2D eigenvalue weighted by Gasteiger charge is -2.05. The summed E-state index contributed by atoms with van der Waals surface area (Å²) < 4.78 is 0. The number of alkyl halides is 1. The molecule has 2 nitrogen and oxygen atoms in total. The van der Waals surface area contributed by atoms with Crippen LogP contribution in [0.3, 0.4) is 0 Å². The third-order valence-corrected chi connectivity index (χ3v) is 3.25. The van der Waals surface area contributed by atoms with Gasteiger partial charge in [-0.1, -0.05) is 18.7 Å². The van der Waals surface area contributed by atoms with Gasteiger partial charge in [0.15, 0.2) is 5.16 Å². The van der Waals surface area contributed by atoms with Gasteiger partial charge in [0.25, 0.3) is 0 Å². The van der Waals surface area contributed by atoms with Crippen molar-refractivity contribution in [3.05, 3.63) is 18.0 Å². The molecule has 0 aromatic carbocycles. The molecule has 13 heavy (non-hydrogen) atoms. The van der Waals surface area contributed by atoms with Gasteiger partial charge in [0.05, 0.1) is 0 Å². The van der Waals surface area contributed by atoms with E-state index in [9.17, 15) is 0 Å². The lowest BCUT2D eigenvalue weighted by molar-refractivity contribution is 0.756. The first-order valence-corrected chi connectivity index (χ1v) is 5.73. The number of aryl methyl sites for hydroxylation is 1. The van der Waals surface area contributed by atoms with E-state index in [4.69, 9.17) is 11.6 Å². The standard InChI is InChI=1S/C9H13ClN2S/c1-7(5-10)6-13-9-11-4-3-8(2)12-9/h3-4,7H,5-6H2,1-2H3. The summed E-state index contributed by atoms with van der Waals surface area (Å²) in [5.41, 5.74) is 1.01. The minimum atomic E-state index is 0.510. The van der Waals surface area contributed by atoms with Crippen molar-refractivity contribution in [3.63, 3.8) is 0 Å². The predicted octanol–water partition coefficient (Wildman–Crippen LogP) is 2.75. The van der Waals surface area contributed by atoms with Crippen LogP contribution in [-0.2, 0) is 0 Å². The molecule has 1 atom stereocenters. The van der Waals surface area contributed by atoms with Crippen LogP contribution in [0, 0.1) is 12.8 Å². The van der Waals surface area contributed by atoms with Gasteiger partial charge in [-0.2, -0.15) is 0 Å². The second-order valence-electron chi connectivity index (χ2n) is 3.05. The van der Waals surface area contributed by atoms with E-state index in [1.54, 1.807) is 18.0 Å². The molecule has 1 aromatic rings. The Kier molecular flexibility index (Phi) is 4.53. The van der Waals surface area contributed by atoms with Crippen molar-refractivity contribution >= 4 is 23.4 Å². The van der Waals surface area contributed by atoms with E-state index in [0.717, 1.165) is 16.6 Å². The normalized spacial score (nSPS) is 12.8. The molecule has 1 unspecified atom stereocenters. The second kappa shape index (κ2) is 5.45. The van der Waals surface area contributed by atoms with Crippen LogP contribution in [0.25, 0.3) is 0 Å². The van der Waals surface area contributed by atoms with Crippen LogP contribution in [-0.4, -0.2) is 21.6 Å². The first kappa shape index (κ1) is 10.8. The van der Waals surface area contributed by atoms with Crippen molar-refractivity contribution in [1.82, 2.24) is 9.97 Å². The minimum Gasteiger partial charge on any atom is -0.231 e. The highest BCUT2D eigenvalue weighted by Gasteiger charge is 2.03. The summed E-state index contributed by atoms with van der Waals surface area (Å²) in [4.78, 5) is 8.44. The van der Waals surface area contributed by atoms with E-state index >= 15 is 0 Å². The van der Waals surface area contributed by atoms with Gasteiger partial charge in [-0.05, 0) is 18.9 Å². The molecule has 4 heteroatoms. The topological polar surface area (TPSA) is 25.8 Å². The summed E-state index contributed by atoms with van der Waals surface area (Å²) in [6, 6.07) is 1.90. The summed E-state index contributed by atoms with van der Waals surface area (Å²) >= 11 is 7.36. The Morgan fingerprint density at radius 3 is 3.00 bits per heavy atom. The predicted molar refractivity (Wildman–Crippen MR) is 57.4 cm³/mol. The van der Waals surface area contributed by atoms with Crippen molar-refractivity contribution in [2.24, 2.45) is 5.92 Å². The van der Waals surface area contributed by atoms with Crippen LogP contribution in [0.1, 0.15) is 12.6 Å². The summed E-state index contributed by atoms with van der Waals surface area (Å²) in [6.07, 6.45) is 1.79. The van der Waals surface area contributed by atoms with E-state index in [1.807, 2.05) is 13.0 Å². The largest absolute Gasteiger partial charge is 0.231 e. The first-order valence-electron chi connectivity index (χ1n) is 4.20. The van der Waals surface area contributed by atoms with Gasteiger partial charge < -0.3 is 0 Å². The van der Waals surface area contributed by atoms with E-state index < -0.39 is 0 Å². The van der Waals surface area contributed by atoms with Crippen LogP contribution in [0.15, 0.2) is 17.4 Å². The van der Waals surface area contributed by atoms with Crippen LogP contribution in [0.4, 0.5) is 0 Å². The van der Waals surface area contributed by atoms with Gasteiger partial charge in [-0.15, -0.1) is 11.6 Å². The highest BCUT2D eigenvalue weighted by Crippen LogP contribution is 2.16. The number of halogens is 1. The van der Waals surface area contributed by atoms with Gasteiger partial charge in [0, 0.05) is 23.5 Å². The van der Waals surface area contributed by atoms with E-state index in [-0.39, 0.29) is 0 Å². The van der Waals surface area contributed by atoms with Crippen molar-refractivity contribution in [2.75, 3.05) is 11.6 Å². The van der Waals surface area contributed by atoms with Crippen molar-refractivity contribution in [3.8, 4) is 0 Å². The first-order chi connectivity index (χ1) is 6.22. The summed E-state index contributed by atoms with van der Waals surface area (Å²) in [5.74, 6) is 2.18. The van der Waals surface area contributed by atoms with E-state index in [2.05, 4.69) is 16.9 Å². The number of rotatable bonds is 4. The average molecular weight is 217 g/mol. The smallest absolute Gasteiger partial charge is 0.187 e. The fourth-order valence-corrected chi connectivity index (χ4v) is 1.89. The van der Waals surface area contributed by atoms with Crippen LogP contribution < -0.4 is 0 Å². The molecule has 72 valence electrons. The SMILES string of the molecule is Cc1ccnc(SCC(C)CCl)n1. The molecule has 0 aliphatic heterocycles. The molecule has 0 aliphatic carbocycles. The fraction of sp³-hybridized carbons (Fsp3) is 0.556. The Bertz CT molecular complexity index is 268. The highest BCUT2D eigenvalue weighted by molar-refractivity contribution is 7.99. The quantitative estimate of drug-likeness (QED) is 0.440. The number of nitrogens with zero attached hydrogens (tertiary/aromatic N) is 2. The number of hydrogen-bond acceptors (Lipinski definition) is 3. The molecule has 1 heterocycles. The zero-order valence-corrected chi connectivity index (χ0v) is 9.40. The molecule has 1 rings (SSSR count). The van der Waals surface area contributed by atoms with Crippen LogP contribution in [0.2, 0.25) is 0 Å². The molecular weight excluding hydrogens is 204 g/mol. The van der Waals surface area contributed by atoms with E-state index in [1.165, 1.54) is 0 Å². The summed E-state index contributed by atoms with van der Waals surface area (Å²) in [6.45, 7) is 4.09. The number of aromatic nitrogens is 2. The second-order valence-corrected chi connectivity index (χ2v) is 4.35. The average Bonchev–Trinajstić information content (AvgIpc) is 2.14. The molecule has 1 aromatic heterocycles. The number of thioether (sulfide) groups is 1. The van der Waals surface area contributed by atoms with Crippen molar-refractivity contribution < 1.29 is 0 Å². The Morgan fingerprint density at radius 1 is 1.62 bits per heavy atom. The highest BCUT2D eigenvalue weighted by atomic mass is 35.5. The zero-order chi connectivity index (χ0) is 9.68. The molecule has 0 bridgehead atoms. The molecule has 0 spiro atoms. The Hall–Kier alpha value is -0.280. The van der Waals surface area contributed by atoms with Crippen LogP contribution in [0.5, 0.6) is 0 Å². The number of hydrogen-bond donors (Lipinski definition) is 0. The Balaban J connectivity index is 2.45. The Morgan fingerprint density at radius 2 is 2.38 bits per heavy atom. The molecule has 0 saturated carbocycles. The van der Waals surface area contributed by atoms with E-state index in [0.29, 0.717) is 11.8 Å². The fourth-order valence-electron chi connectivity index (χ4n) is 0.757. The molecule has 0 fully saturated rings. The maximum Gasteiger partial charge on any atom is 0.187 e. The summed E-state index contributed by atoms with van der Waals surface area (Å²) in [5, 5.41) is 0.844. The molecule has 0 saturated heterocycles. The van der Waals surface area contributed by atoms with Crippen LogP contribution >= 0.6 is 23.4 Å². The maximum atomic E-state index is 5.70. The minimum absolute atomic E-state index is 0.510. The summed E-state index contributed by atoms with van der Waals surface area (Å²) in [7, 11) is 0. The third kappa shape index (κ3) is 3.96. The molecule has 0 radical (unpaired) electrons. The maximum absolute atomic E-state index is 5.70.